The molecule has 0 aliphatic carbocycles. The summed E-state index contributed by atoms with van der Waals surface area (Å²) in [7, 11) is 0. The summed E-state index contributed by atoms with van der Waals surface area (Å²) in [5.74, 6) is -1.05. The van der Waals surface area contributed by atoms with Gasteiger partial charge in [0.25, 0.3) is 5.91 Å². The molecule has 0 unspecified atom stereocenters. The molecule has 6 heteroatoms. The van der Waals surface area contributed by atoms with Gasteiger partial charge in [-0.05, 0) is 37.3 Å². The lowest BCUT2D eigenvalue weighted by atomic mass is 10.1. The number of carbonyl (C=O) groups excluding carboxylic acids is 2. The molecule has 24 heavy (non-hydrogen) atoms. The Morgan fingerprint density at radius 3 is 2.67 bits per heavy atom. The fourth-order valence-corrected chi connectivity index (χ4v) is 2.48. The molecular weight excluding hydrogens is 330 g/mol. The van der Waals surface area contributed by atoms with E-state index in [0.29, 0.717) is 21.9 Å². The van der Waals surface area contributed by atoms with Crippen LogP contribution in [0.15, 0.2) is 52.9 Å². The number of esters is 1. The van der Waals surface area contributed by atoms with Crippen molar-refractivity contribution < 1.29 is 18.7 Å². The van der Waals surface area contributed by atoms with Gasteiger partial charge in [0.2, 0.25) is 5.76 Å². The van der Waals surface area contributed by atoms with Gasteiger partial charge in [-0.15, -0.1) is 0 Å². The molecule has 122 valence electrons. The van der Waals surface area contributed by atoms with E-state index in [1.807, 2.05) is 6.07 Å². The summed E-state index contributed by atoms with van der Waals surface area (Å²) in [6.45, 7) is 1.34. The van der Waals surface area contributed by atoms with Crippen LogP contribution in [0, 0.1) is 6.92 Å². The summed E-state index contributed by atoms with van der Waals surface area (Å²) in [6.07, 6.45) is 0. The normalized spacial score (nSPS) is 10.6. The number of amides is 1. The topological polar surface area (TPSA) is 68.5 Å². The molecule has 5 nitrogen and oxygen atoms in total. The second-order valence-corrected chi connectivity index (χ2v) is 5.62. The zero-order valence-corrected chi connectivity index (χ0v) is 13.6. The van der Waals surface area contributed by atoms with Crippen LogP contribution >= 0.6 is 11.6 Å². The first-order valence-corrected chi connectivity index (χ1v) is 7.63. The highest BCUT2D eigenvalue weighted by Crippen LogP contribution is 2.28. The number of hydrogen-bond donors (Lipinski definition) is 1. The lowest BCUT2D eigenvalue weighted by molar-refractivity contribution is -0.119. The first kappa shape index (κ1) is 16.1. The maximum atomic E-state index is 12.1. The highest BCUT2D eigenvalue weighted by molar-refractivity contribution is 6.31. The minimum atomic E-state index is -0.692. The fraction of sp³-hybridized carbons (Fsp3) is 0.111. The van der Waals surface area contributed by atoms with Crippen LogP contribution in [0.1, 0.15) is 16.1 Å². The molecule has 3 rings (SSSR count). The van der Waals surface area contributed by atoms with E-state index in [4.69, 9.17) is 20.8 Å². The standard InChI is InChI=1S/C18H14ClNO4/c1-11-14-9-12(19)7-8-15(14)24-17(11)18(22)23-10-16(21)20-13-5-3-2-4-6-13/h2-9H,10H2,1H3,(H,20,21). The Kier molecular flexibility index (Phi) is 4.53. The van der Waals surface area contributed by atoms with Crippen LogP contribution < -0.4 is 5.32 Å². The number of anilines is 1. The van der Waals surface area contributed by atoms with Crippen LogP contribution in [-0.4, -0.2) is 18.5 Å². The Balaban J connectivity index is 1.67. The van der Waals surface area contributed by atoms with E-state index >= 15 is 0 Å². The van der Waals surface area contributed by atoms with Crippen molar-refractivity contribution in [2.24, 2.45) is 0 Å². The third-order valence-corrected chi connectivity index (χ3v) is 3.71. The number of halogens is 1. The maximum Gasteiger partial charge on any atom is 0.375 e. The van der Waals surface area contributed by atoms with Gasteiger partial charge in [-0.25, -0.2) is 4.79 Å². The van der Waals surface area contributed by atoms with Gasteiger partial charge in [0, 0.05) is 21.7 Å². The van der Waals surface area contributed by atoms with Gasteiger partial charge in [-0.2, -0.15) is 0 Å². The molecule has 1 aromatic heterocycles. The van der Waals surface area contributed by atoms with Crippen LogP contribution in [0.4, 0.5) is 5.69 Å². The lowest BCUT2D eigenvalue weighted by Gasteiger charge is -2.05. The Morgan fingerprint density at radius 1 is 1.17 bits per heavy atom. The minimum Gasteiger partial charge on any atom is -0.450 e. The molecule has 0 saturated carbocycles. The van der Waals surface area contributed by atoms with Gasteiger partial charge in [-0.3, -0.25) is 4.79 Å². The number of benzene rings is 2. The lowest BCUT2D eigenvalue weighted by Crippen LogP contribution is -2.20. The van der Waals surface area contributed by atoms with Crippen molar-refractivity contribution in [1.29, 1.82) is 0 Å². The van der Waals surface area contributed by atoms with E-state index in [1.54, 1.807) is 49.4 Å². The SMILES string of the molecule is Cc1c(C(=O)OCC(=O)Nc2ccccc2)oc2ccc(Cl)cc12. The van der Waals surface area contributed by atoms with Gasteiger partial charge < -0.3 is 14.5 Å². The maximum absolute atomic E-state index is 12.1. The molecule has 0 atom stereocenters. The van der Waals surface area contributed by atoms with Crippen molar-refractivity contribution in [1.82, 2.24) is 0 Å². The van der Waals surface area contributed by atoms with E-state index < -0.39 is 18.5 Å². The van der Waals surface area contributed by atoms with Crippen molar-refractivity contribution in [3.05, 3.63) is 64.9 Å². The molecule has 1 heterocycles. The summed E-state index contributed by atoms with van der Waals surface area (Å²) in [5, 5.41) is 3.92. The van der Waals surface area contributed by atoms with Crippen molar-refractivity contribution in [2.45, 2.75) is 6.92 Å². The van der Waals surface area contributed by atoms with Gasteiger partial charge >= 0.3 is 5.97 Å². The molecule has 0 aliphatic heterocycles. The van der Waals surface area contributed by atoms with E-state index in [9.17, 15) is 9.59 Å². The molecule has 0 saturated heterocycles. The molecular formula is C18H14ClNO4. The molecule has 1 N–H and O–H groups in total. The number of rotatable bonds is 4. The number of aryl methyl sites for hydroxylation is 1. The first-order valence-electron chi connectivity index (χ1n) is 7.25. The van der Waals surface area contributed by atoms with Crippen molar-refractivity contribution in [3.8, 4) is 0 Å². The average molecular weight is 344 g/mol. The van der Waals surface area contributed by atoms with E-state index in [1.165, 1.54) is 0 Å². The van der Waals surface area contributed by atoms with Crippen molar-refractivity contribution in [3.63, 3.8) is 0 Å². The van der Waals surface area contributed by atoms with E-state index in [0.717, 1.165) is 5.39 Å². The molecule has 0 fully saturated rings. The van der Waals surface area contributed by atoms with Gasteiger partial charge in [-0.1, -0.05) is 29.8 Å². The second kappa shape index (κ2) is 6.76. The Labute approximate surface area is 143 Å². The number of nitrogens with one attached hydrogen (secondary N) is 1. The Morgan fingerprint density at radius 2 is 1.92 bits per heavy atom. The van der Waals surface area contributed by atoms with Crippen molar-refractivity contribution in [2.75, 3.05) is 11.9 Å². The van der Waals surface area contributed by atoms with Gasteiger partial charge in [0.05, 0.1) is 0 Å². The molecule has 2 aromatic carbocycles. The third-order valence-electron chi connectivity index (χ3n) is 3.48. The Hall–Kier alpha value is -2.79. The molecule has 0 spiro atoms. The van der Waals surface area contributed by atoms with Crippen LogP contribution in [0.5, 0.6) is 0 Å². The number of ether oxygens (including phenoxy) is 1. The Bertz CT molecular complexity index is 902. The zero-order chi connectivity index (χ0) is 17.1. The monoisotopic (exact) mass is 343 g/mol. The zero-order valence-electron chi connectivity index (χ0n) is 12.8. The summed E-state index contributed by atoms with van der Waals surface area (Å²) in [6, 6.07) is 14.0. The second-order valence-electron chi connectivity index (χ2n) is 5.19. The predicted molar refractivity (Wildman–Crippen MR) is 91.3 cm³/mol. The number of fused-ring (bicyclic) bond motifs is 1. The number of para-hydroxylation sites is 1. The minimum absolute atomic E-state index is 0.0692. The van der Waals surface area contributed by atoms with Gasteiger partial charge in [0.1, 0.15) is 5.58 Å². The van der Waals surface area contributed by atoms with Gasteiger partial charge in [0.15, 0.2) is 6.61 Å². The van der Waals surface area contributed by atoms with Crippen LogP contribution in [-0.2, 0) is 9.53 Å². The highest BCUT2D eigenvalue weighted by Gasteiger charge is 2.20. The number of carbonyl (C=O) groups is 2. The number of furan rings is 1. The molecule has 0 radical (unpaired) electrons. The summed E-state index contributed by atoms with van der Waals surface area (Å²) < 4.78 is 10.5. The van der Waals surface area contributed by atoms with Crippen LogP contribution in [0.3, 0.4) is 0 Å². The molecule has 0 aliphatic rings. The summed E-state index contributed by atoms with van der Waals surface area (Å²) in [4.78, 5) is 24.0. The fourth-order valence-electron chi connectivity index (χ4n) is 2.30. The van der Waals surface area contributed by atoms with E-state index in [2.05, 4.69) is 5.32 Å². The largest absolute Gasteiger partial charge is 0.450 e. The smallest absolute Gasteiger partial charge is 0.375 e. The van der Waals surface area contributed by atoms with Crippen LogP contribution in [0.25, 0.3) is 11.0 Å². The quantitative estimate of drug-likeness (QED) is 0.721. The molecule has 1 amide bonds. The first-order chi connectivity index (χ1) is 11.5. The third kappa shape index (κ3) is 3.41. The number of hydrogen-bond acceptors (Lipinski definition) is 4. The summed E-state index contributed by atoms with van der Waals surface area (Å²) >= 11 is 5.95. The average Bonchev–Trinajstić information content (AvgIpc) is 2.90. The molecule has 0 bridgehead atoms. The van der Waals surface area contributed by atoms with Crippen molar-refractivity contribution >= 4 is 40.1 Å². The summed E-state index contributed by atoms with van der Waals surface area (Å²) in [5.41, 5.74) is 1.80. The highest BCUT2D eigenvalue weighted by atomic mass is 35.5. The van der Waals surface area contributed by atoms with Crippen LogP contribution in [0.2, 0.25) is 5.02 Å². The molecule has 3 aromatic rings. The predicted octanol–water partition coefficient (Wildman–Crippen LogP) is 4.19. The van der Waals surface area contributed by atoms with E-state index in [-0.39, 0.29) is 5.76 Å².